The Bertz CT molecular complexity index is 1220. The molecule has 2 aromatic rings. The Morgan fingerprint density at radius 1 is 1.18 bits per heavy atom. The summed E-state index contributed by atoms with van der Waals surface area (Å²) in [6.45, 7) is 3.10. The number of hydrogen-bond acceptors (Lipinski definition) is 6. The van der Waals surface area contributed by atoms with E-state index >= 15 is 4.39 Å². The maximum absolute atomic E-state index is 15.6. The number of nitriles is 1. The highest BCUT2D eigenvalue weighted by molar-refractivity contribution is 7.92. The Labute approximate surface area is 198 Å². The summed E-state index contributed by atoms with van der Waals surface area (Å²) in [6, 6.07) is 13.0. The van der Waals surface area contributed by atoms with Gasteiger partial charge in [-0.1, -0.05) is 37.1 Å². The lowest BCUT2D eigenvalue weighted by atomic mass is 9.88. The van der Waals surface area contributed by atoms with Gasteiger partial charge in [-0.15, -0.1) is 0 Å². The van der Waals surface area contributed by atoms with Crippen LogP contribution in [0.15, 0.2) is 42.5 Å². The molecule has 1 N–H and O–H groups in total. The van der Waals surface area contributed by atoms with E-state index < -0.39 is 45.6 Å². The van der Waals surface area contributed by atoms with E-state index in [4.69, 9.17) is 10.00 Å². The number of rotatable bonds is 9. The second-order valence-electron chi connectivity index (χ2n) is 8.73. The summed E-state index contributed by atoms with van der Waals surface area (Å²) < 4.78 is 48.2. The van der Waals surface area contributed by atoms with Gasteiger partial charge >= 0.3 is 16.2 Å². The Morgan fingerprint density at radius 3 is 2.50 bits per heavy atom. The van der Waals surface area contributed by atoms with Gasteiger partial charge in [-0.2, -0.15) is 13.7 Å². The van der Waals surface area contributed by atoms with E-state index in [0.29, 0.717) is 23.6 Å². The molecule has 3 rings (SSSR count). The van der Waals surface area contributed by atoms with E-state index in [1.54, 1.807) is 22.9 Å². The molecule has 0 aliphatic carbocycles. The summed E-state index contributed by atoms with van der Waals surface area (Å²) in [5.74, 6) is -2.77. The molecule has 10 heteroatoms. The van der Waals surface area contributed by atoms with Crippen molar-refractivity contribution in [3.63, 3.8) is 0 Å². The molecule has 0 aromatic heterocycles. The van der Waals surface area contributed by atoms with Crippen LogP contribution in [0.3, 0.4) is 0 Å². The van der Waals surface area contributed by atoms with Crippen molar-refractivity contribution in [2.75, 3.05) is 10.8 Å². The molecule has 1 aliphatic rings. The van der Waals surface area contributed by atoms with E-state index in [1.807, 2.05) is 13.8 Å². The van der Waals surface area contributed by atoms with Crippen LogP contribution >= 0.6 is 0 Å². The third-order valence-corrected chi connectivity index (χ3v) is 6.87. The predicted molar refractivity (Wildman–Crippen MR) is 124 cm³/mol. The van der Waals surface area contributed by atoms with Crippen LogP contribution in [-0.4, -0.2) is 26.8 Å². The molecule has 2 aromatic carbocycles. The molecule has 0 atom stereocenters. The molecule has 34 heavy (non-hydrogen) atoms. The maximum atomic E-state index is 15.6. The fourth-order valence-electron chi connectivity index (χ4n) is 3.59. The van der Waals surface area contributed by atoms with Crippen LogP contribution in [0.25, 0.3) is 0 Å². The normalized spacial score (nSPS) is 15.0. The first kappa shape index (κ1) is 25.2. The van der Waals surface area contributed by atoms with E-state index in [-0.39, 0.29) is 16.9 Å². The summed E-state index contributed by atoms with van der Waals surface area (Å²) in [5.41, 5.74) is -0.460. The monoisotopic (exact) mass is 487 g/mol. The van der Waals surface area contributed by atoms with Gasteiger partial charge in [-0.05, 0) is 56.9 Å². The number of unbranched alkanes of at least 4 members (excludes halogenated alkanes) is 2. The van der Waals surface area contributed by atoms with Crippen LogP contribution < -0.4 is 13.8 Å². The lowest BCUT2D eigenvalue weighted by Gasteiger charge is -2.21. The van der Waals surface area contributed by atoms with Gasteiger partial charge in [-0.25, -0.2) is 18.2 Å². The average Bonchev–Trinajstić information content (AvgIpc) is 3.07. The number of ether oxygens (including phenoxy) is 1. The van der Waals surface area contributed by atoms with Crippen molar-refractivity contribution in [1.82, 2.24) is 4.72 Å². The van der Waals surface area contributed by atoms with Crippen LogP contribution in [0.5, 0.6) is 5.75 Å². The van der Waals surface area contributed by atoms with Gasteiger partial charge in [0, 0.05) is 0 Å². The SMILES string of the molecule is CC(C)(C#N)CCCCCc1ccc(OC(=O)c2ccccc2)c(N2CC(=O)NS2(=O)=O)c1F. The lowest BCUT2D eigenvalue weighted by Crippen LogP contribution is -2.31. The zero-order chi connectivity index (χ0) is 24.9. The number of nitrogens with zero attached hydrogens (tertiary/aromatic N) is 2. The second kappa shape index (κ2) is 10.2. The summed E-state index contributed by atoms with van der Waals surface area (Å²) in [4.78, 5) is 24.3. The number of nitrogens with one attached hydrogen (secondary N) is 1. The second-order valence-corrected chi connectivity index (χ2v) is 10.3. The van der Waals surface area contributed by atoms with Gasteiger partial charge in [-0.3, -0.25) is 4.79 Å². The summed E-state index contributed by atoms with van der Waals surface area (Å²) >= 11 is 0. The summed E-state index contributed by atoms with van der Waals surface area (Å²) in [7, 11) is -4.33. The topological polar surface area (TPSA) is 117 Å². The van der Waals surface area contributed by atoms with E-state index in [2.05, 4.69) is 6.07 Å². The van der Waals surface area contributed by atoms with Crippen molar-refractivity contribution >= 4 is 27.8 Å². The molecular formula is C24H26FN3O5S. The highest BCUT2D eigenvalue weighted by Gasteiger charge is 2.38. The molecule has 0 radical (unpaired) electrons. The minimum Gasteiger partial charge on any atom is -0.421 e. The number of esters is 1. The molecule has 180 valence electrons. The Morgan fingerprint density at radius 2 is 1.88 bits per heavy atom. The minimum absolute atomic E-state index is 0.205. The molecule has 1 saturated heterocycles. The molecular weight excluding hydrogens is 461 g/mol. The number of carbonyl (C=O) groups is 2. The third-order valence-electron chi connectivity index (χ3n) is 5.49. The van der Waals surface area contributed by atoms with Gasteiger partial charge < -0.3 is 4.74 Å². The Kier molecular flexibility index (Phi) is 7.57. The fraction of sp³-hybridized carbons (Fsp3) is 0.375. The van der Waals surface area contributed by atoms with Crippen molar-refractivity contribution in [2.45, 2.75) is 46.0 Å². The van der Waals surface area contributed by atoms with E-state index in [9.17, 15) is 18.0 Å². The third kappa shape index (κ3) is 5.91. The number of amides is 1. The average molecular weight is 488 g/mol. The first-order chi connectivity index (χ1) is 16.0. The standard InChI is InChI=1S/C24H26FN3O5S/c1-24(2,16-26)14-8-4-7-9-17-12-13-19(33-23(30)18-10-5-3-6-11-18)22(21(17)25)28-15-20(29)27-34(28,31)32/h3,5-6,10-13H,4,7-9,14-15H2,1-2H3,(H,27,29). The zero-order valence-electron chi connectivity index (χ0n) is 19.0. The van der Waals surface area contributed by atoms with Crippen molar-refractivity contribution < 1.29 is 27.1 Å². The van der Waals surface area contributed by atoms with Gasteiger partial charge in [0.1, 0.15) is 12.2 Å². The highest BCUT2D eigenvalue weighted by atomic mass is 32.2. The largest absolute Gasteiger partial charge is 0.421 e. The van der Waals surface area contributed by atoms with Crippen molar-refractivity contribution in [3.8, 4) is 11.8 Å². The Hall–Kier alpha value is -3.45. The molecule has 1 heterocycles. The number of aryl methyl sites for hydroxylation is 1. The first-order valence-corrected chi connectivity index (χ1v) is 12.3. The Balaban J connectivity index is 1.85. The highest BCUT2D eigenvalue weighted by Crippen LogP contribution is 2.37. The fourth-order valence-corrected chi connectivity index (χ4v) is 4.75. The number of benzene rings is 2. The number of anilines is 1. The van der Waals surface area contributed by atoms with Gasteiger partial charge in [0.25, 0.3) is 5.91 Å². The van der Waals surface area contributed by atoms with E-state index in [0.717, 1.165) is 12.8 Å². The molecule has 0 unspecified atom stereocenters. The van der Waals surface area contributed by atoms with Crippen molar-refractivity contribution in [1.29, 1.82) is 5.26 Å². The maximum Gasteiger partial charge on any atom is 0.343 e. The van der Waals surface area contributed by atoms with Crippen LogP contribution in [0.2, 0.25) is 0 Å². The van der Waals surface area contributed by atoms with Crippen molar-refractivity contribution in [2.24, 2.45) is 5.41 Å². The lowest BCUT2D eigenvalue weighted by molar-refractivity contribution is -0.117. The quantitative estimate of drug-likeness (QED) is 0.326. The number of carbonyl (C=O) groups excluding carboxylic acids is 2. The molecule has 8 nitrogen and oxygen atoms in total. The van der Waals surface area contributed by atoms with Gasteiger partial charge in [0.2, 0.25) is 0 Å². The van der Waals surface area contributed by atoms with Crippen LogP contribution in [0, 0.1) is 22.6 Å². The van der Waals surface area contributed by atoms with Gasteiger partial charge in [0.05, 0.1) is 17.0 Å². The van der Waals surface area contributed by atoms with Crippen molar-refractivity contribution in [3.05, 3.63) is 59.4 Å². The van der Waals surface area contributed by atoms with E-state index in [1.165, 1.54) is 24.3 Å². The molecule has 1 aliphatic heterocycles. The molecule has 0 bridgehead atoms. The van der Waals surface area contributed by atoms with Crippen LogP contribution in [0.1, 0.15) is 55.5 Å². The number of hydrogen-bond donors (Lipinski definition) is 1. The molecule has 0 spiro atoms. The molecule has 1 amide bonds. The molecule has 0 saturated carbocycles. The first-order valence-electron chi connectivity index (χ1n) is 10.9. The molecule has 1 fully saturated rings. The van der Waals surface area contributed by atoms with Gasteiger partial charge in [0.15, 0.2) is 11.6 Å². The summed E-state index contributed by atoms with van der Waals surface area (Å²) in [5, 5.41) is 9.10. The zero-order valence-corrected chi connectivity index (χ0v) is 19.8. The number of halogens is 1. The van der Waals surface area contributed by atoms with Crippen LogP contribution in [-0.2, 0) is 21.4 Å². The smallest absolute Gasteiger partial charge is 0.343 e. The summed E-state index contributed by atoms with van der Waals surface area (Å²) in [6.07, 6.45) is 3.19. The van der Waals surface area contributed by atoms with Crippen LogP contribution in [0.4, 0.5) is 10.1 Å². The predicted octanol–water partition coefficient (Wildman–Crippen LogP) is 3.88. The minimum atomic E-state index is -4.33.